The van der Waals surface area contributed by atoms with Gasteiger partial charge in [0, 0.05) is 22.6 Å². The molecule has 0 aromatic heterocycles. The highest BCUT2D eigenvalue weighted by atomic mass is 16.5. The van der Waals surface area contributed by atoms with E-state index in [2.05, 4.69) is 0 Å². The molecule has 2 aromatic rings. The smallest absolute Gasteiger partial charge is 0.335 e. The molecule has 41 heavy (non-hydrogen) atoms. The molecule has 1 aliphatic heterocycles. The van der Waals surface area contributed by atoms with Crippen molar-refractivity contribution >= 4 is 35.0 Å². The summed E-state index contributed by atoms with van der Waals surface area (Å²) in [7, 11) is 0. The zero-order valence-corrected chi connectivity index (χ0v) is 22.2. The molecule has 1 heterocycles. The molecule has 9 heteroatoms. The summed E-state index contributed by atoms with van der Waals surface area (Å²) in [5.74, 6) is -4.43. The number of carboxylic acids is 1. The fourth-order valence-corrected chi connectivity index (χ4v) is 6.71. The first-order chi connectivity index (χ1) is 19.7. The predicted molar refractivity (Wildman–Crippen MR) is 146 cm³/mol. The van der Waals surface area contributed by atoms with Gasteiger partial charge in [0.1, 0.15) is 12.4 Å². The number of ketones is 2. The van der Waals surface area contributed by atoms with Crippen molar-refractivity contribution in [1.29, 1.82) is 0 Å². The monoisotopic (exact) mass is 553 g/mol. The minimum atomic E-state index is -1.17. The number of hydrogen-bond acceptors (Lipinski definition) is 7. The number of fused-ring (bicyclic) bond motifs is 3. The number of benzene rings is 2. The molecule has 1 fully saturated rings. The van der Waals surface area contributed by atoms with Crippen LogP contribution in [0.5, 0.6) is 5.75 Å². The first-order valence-electron chi connectivity index (χ1n) is 13.5. The number of anilines is 1. The Kier molecular flexibility index (Phi) is 6.54. The Balaban J connectivity index is 1.43. The number of carbonyl (C=O) groups is 5. The Morgan fingerprint density at radius 1 is 1.02 bits per heavy atom. The lowest BCUT2D eigenvalue weighted by Crippen LogP contribution is -2.39. The molecule has 2 amide bonds. The highest BCUT2D eigenvalue weighted by molar-refractivity contribution is 6.25. The number of imide groups is 1. The van der Waals surface area contributed by atoms with Crippen molar-refractivity contribution in [3.63, 3.8) is 0 Å². The third-order valence-electron chi connectivity index (χ3n) is 8.49. The lowest BCUT2D eigenvalue weighted by Gasteiger charge is -2.42. The summed E-state index contributed by atoms with van der Waals surface area (Å²) in [6, 6.07) is 12.8. The van der Waals surface area contributed by atoms with Gasteiger partial charge < -0.3 is 14.9 Å². The summed E-state index contributed by atoms with van der Waals surface area (Å²) in [6.07, 6.45) is 3.74. The highest BCUT2D eigenvalue weighted by Crippen LogP contribution is 2.55. The lowest BCUT2D eigenvalue weighted by molar-refractivity contribution is -0.123. The minimum Gasteiger partial charge on any atom is -0.491 e. The maximum atomic E-state index is 14.0. The van der Waals surface area contributed by atoms with E-state index in [1.807, 2.05) is 18.2 Å². The molecular formula is C32H27NO8. The highest BCUT2D eigenvalue weighted by Gasteiger charge is 2.56. The number of hydrogen-bond donors (Lipinski definition) is 2. The summed E-state index contributed by atoms with van der Waals surface area (Å²) in [5.41, 5.74) is 2.84. The average Bonchev–Trinajstić information content (AvgIpc) is 3.23. The van der Waals surface area contributed by atoms with Crippen molar-refractivity contribution in [2.45, 2.75) is 25.7 Å². The van der Waals surface area contributed by atoms with Gasteiger partial charge in [-0.05, 0) is 67.7 Å². The van der Waals surface area contributed by atoms with Crippen molar-refractivity contribution in [2.75, 3.05) is 18.1 Å². The summed E-state index contributed by atoms with van der Waals surface area (Å²) in [4.78, 5) is 66.9. The molecule has 9 nitrogen and oxygen atoms in total. The van der Waals surface area contributed by atoms with Crippen LogP contribution in [0.3, 0.4) is 0 Å². The second-order valence-corrected chi connectivity index (χ2v) is 10.7. The Morgan fingerprint density at radius 3 is 2.49 bits per heavy atom. The summed E-state index contributed by atoms with van der Waals surface area (Å²) < 4.78 is 5.49. The minimum absolute atomic E-state index is 0.0377. The van der Waals surface area contributed by atoms with Crippen LogP contribution in [-0.4, -0.2) is 52.8 Å². The number of aliphatic hydroxyl groups is 1. The molecule has 0 bridgehead atoms. The third kappa shape index (κ3) is 4.24. The van der Waals surface area contributed by atoms with E-state index < -0.39 is 41.5 Å². The fourth-order valence-electron chi connectivity index (χ4n) is 6.71. The molecule has 4 atom stereocenters. The molecule has 3 aliphatic carbocycles. The topological polar surface area (TPSA) is 138 Å². The van der Waals surface area contributed by atoms with E-state index in [1.54, 1.807) is 19.1 Å². The number of Topliss-reactive ketones (excluding diaryl/α,β-unsaturated/α-hetero) is 1. The van der Waals surface area contributed by atoms with Crippen molar-refractivity contribution in [2.24, 2.45) is 17.8 Å². The number of aromatic carboxylic acids is 1. The number of nitrogens with zero attached hydrogens (tertiary/aromatic N) is 1. The molecule has 2 N–H and O–H groups in total. The van der Waals surface area contributed by atoms with E-state index >= 15 is 0 Å². The van der Waals surface area contributed by atoms with Crippen molar-refractivity contribution in [3.8, 4) is 5.75 Å². The van der Waals surface area contributed by atoms with Gasteiger partial charge in [0.2, 0.25) is 11.8 Å². The van der Waals surface area contributed by atoms with E-state index in [9.17, 15) is 29.1 Å². The number of carboxylic acid groups (broad SMARTS) is 1. The molecule has 2 aromatic carbocycles. The summed E-state index contributed by atoms with van der Waals surface area (Å²) >= 11 is 0. The molecule has 4 aliphatic rings. The molecule has 0 radical (unpaired) electrons. The Bertz CT molecular complexity index is 1610. The molecule has 208 valence electrons. The van der Waals surface area contributed by atoms with Gasteiger partial charge in [-0.25, -0.2) is 4.79 Å². The molecule has 0 spiro atoms. The fraction of sp³-hybridized carbons (Fsp3) is 0.281. The molecular weight excluding hydrogens is 526 g/mol. The van der Waals surface area contributed by atoms with Crippen molar-refractivity contribution in [1.82, 2.24) is 0 Å². The molecule has 4 unspecified atom stereocenters. The largest absolute Gasteiger partial charge is 0.491 e. The van der Waals surface area contributed by atoms with E-state index in [4.69, 9.17) is 9.84 Å². The number of carbonyl (C=O) groups excluding carboxylic acids is 4. The Hall–Kier alpha value is -4.63. The van der Waals surface area contributed by atoms with Crippen LogP contribution in [0.15, 0.2) is 83.0 Å². The maximum Gasteiger partial charge on any atom is 0.335 e. The van der Waals surface area contributed by atoms with Crippen molar-refractivity contribution < 1.29 is 38.9 Å². The number of allylic oxidation sites excluding steroid dienone is 6. The van der Waals surface area contributed by atoms with Crippen LogP contribution in [-0.2, 0) is 19.2 Å². The van der Waals surface area contributed by atoms with E-state index in [0.717, 1.165) is 16.0 Å². The van der Waals surface area contributed by atoms with Crippen LogP contribution >= 0.6 is 0 Å². The van der Waals surface area contributed by atoms with Gasteiger partial charge in [0.25, 0.3) is 0 Å². The zero-order valence-electron chi connectivity index (χ0n) is 22.2. The first kappa shape index (κ1) is 26.6. The maximum absolute atomic E-state index is 14.0. The van der Waals surface area contributed by atoms with Crippen LogP contribution in [0.1, 0.15) is 41.6 Å². The quantitative estimate of drug-likeness (QED) is 0.315. The standard InChI is InChI=1S/C32H27NO8/c1-16-13-25(35)28-24(29(16)36)15-23-21(26(28)17-5-7-20(8-6-17)41-12-11-34)9-10-22-27(23)31(38)33(30(22)37)19-4-2-3-18(14-19)32(39)40/h2-9,13-14,22-23,26-27,34H,10-12,15H2,1H3,(H,39,40). The number of rotatable bonds is 6. The van der Waals surface area contributed by atoms with Crippen molar-refractivity contribution in [3.05, 3.63) is 94.1 Å². The second-order valence-electron chi connectivity index (χ2n) is 10.7. The molecule has 0 saturated carbocycles. The zero-order chi connectivity index (χ0) is 29.0. The number of amides is 2. The van der Waals surface area contributed by atoms with Crippen LogP contribution in [0.4, 0.5) is 5.69 Å². The van der Waals surface area contributed by atoms with Crippen LogP contribution in [0, 0.1) is 17.8 Å². The lowest BCUT2D eigenvalue weighted by atomic mass is 9.59. The van der Waals surface area contributed by atoms with Crippen LogP contribution < -0.4 is 9.64 Å². The van der Waals surface area contributed by atoms with Crippen LogP contribution in [0.2, 0.25) is 0 Å². The van der Waals surface area contributed by atoms with Gasteiger partial charge in [-0.2, -0.15) is 0 Å². The van der Waals surface area contributed by atoms with Gasteiger partial charge in [0.15, 0.2) is 11.6 Å². The third-order valence-corrected chi connectivity index (χ3v) is 8.49. The van der Waals surface area contributed by atoms with Gasteiger partial charge in [-0.1, -0.05) is 29.8 Å². The van der Waals surface area contributed by atoms with Gasteiger partial charge in [-0.3, -0.25) is 24.1 Å². The Labute approximate surface area is 235 Å². The van der Waals surface area contributed by atoms with Gasteiger partial charge in [0.05, 0.1) is 29.7 Å². The SMILES string of the molecule is CC1=CC(=O)C2=C(CC3C(=CCC4C(=O)N(c5cccc(C(=O)O)c5)C(=O)C43)C2c2ccc(OCCO)cc2)C1=O. The number of aliphatic hydroxyl groups excluding tert-OH is 1. The van der Waals surface area contributed by atoms with E-state index in [-0.39, 0.29) is 48.9 Å². The number of ether oxygens (including phenoxy) is 1. The molecule has 1 saturated heterocycles. The van der Waals surface area contributed by atoms with Crippen LogP contribution in [0.25, 0.3) is 0 Å². The first-order valence-corrected chi connectivity index (χ1v) is 13.5. The van der Waals surface area contributed by atoms with Gasteiger partial charge >= 0.3 is 5.97 Å². The second kappa shape index (κ2) is 10.1. The molecule has 6 rings (SSSR count). The summed E-state index contributed by atoms with van der Waals surface area (Å²) in [6.45, 7) is 1.60. The van der Waals surface area contributed by atoms with E-state index in [0.29, 0.717) is 22.5 Å². The average molecular weight is 554 g/mol. The van der Waals surface area contributed by atoms with E-state index in [1.165, 1.54) is 30.3 Å². The normalized spacial score (nSPS) is 25.4. The van der Waals surface area contributed by atoms with Gasteiger partial charge in [-0.15, -0.1) is 0 Å². The summed E-state index contributed by atoms with van der Waals surface area (Å²) in [5, 5.41) is 18.5. The predicted octanol–water partition coefficient (Wildman–Crippen LogP) is 3.39. The Morgan fingerprint density at radius 2 is 1.78 bits per heavy atom.